The molecule has 0 saturated carbocycles. The van der Waals surface area contributed by atoms with Gasteiger partial charge in [0.2, 0.25) is 10.7 Å². The van der Waals surface area contributed by atoms with Crippen LogP contribution in [0.3, 0.4) is 0 Å². The molecule has 1 fully saturated rings. The summed E-state index contributed by atoms with van der Waals surface area (Å²) in [6.07, 6.45) is 3.76. The summed E-state index contributed by atoms with van der Waals surface area (Å²) in [6.45, 7) is 4.40. The summed E-state index contributed by atoms with van der Waals surface area (Å²) in [6, 6.07) is 10.2. The molecule has 1 saturated heterocycles. The zero-order chi connectivity index (χ0) is 13.9. The van der Waals surface area contributed by atoms with Crippen LogP contribution < -0.4 is 4.90 Å². The highest BCUT2D eigenvalue weighted by Crippen LogP contribution is 2.25. The molecule has 2 heterocycles. The van der Waals surface area contributed by atoms with E-state index in [1.54, 1.807) is 0 Å². The first-order valence-corrected chi connectivity index (χ1v) is 7.68. The molecule has 0 unspecified atom stereocenters. The molecular weight excluding hydrogens is 268 g/mol. The van der Waals surface area contributed by atoms with E-state index < -0.39 is 0 Å². The second kappa shape index (κ2) is 5.79. The lowest BCUT2D eigenvalue weighted by atomic mass is 9.95. The summed E-state index contributed by atoms with van der Waals surface area (Å²) in [5.41, 5.74) is 1.07. The third kappa shape index (κ3) is 2.50. The molecule has 1 aliphatic heterocycles. The molecule has 0 radical (unpaired) electrons. The number of aromatic amines is 1. The van der Waals surface area contributed by atoms with Gasteiger partial charge in [0.15, 0.2) is 0 Å². The van der Waals surface area contributed by atoms with E-state index in [9.17, 15) is 0 Å². The van der Waals surface area contributed by atoms with Gasteiger partial charge in [0.25, 0.3) is 0 Å². The predicted molar refractivity (Wildman–Crippen MR) is 84.0 cm³/mol. The normalized spacial score (nSPS) is 16.6. The quantitative estimate of drug-likeness (QED) is 0.877. The molecule has 3 rings (SSSR count). The van der Waals surface area contributed by atoms with E-state index in [2.05, 4.69) is 34.2 Å². The zero-order valence-corrected chi connectivity index (χ0v) is 12.6. The third-order valence-electron chi connectivity index (χ3n) is 4.14. The fourth-order valence-corrected chi connectivity index (χ4v) is 3.08. The molecule has 106 valence electrons. The van der Waals surface area contributed by atoms with E-state index in [1.165, 1.54) is 19.3 Å². The van der Waals surface area contributed by atoms with Gasteiger partial charge in [0.05, 0.1) is 5.69 Å². The first-order valence-electron chi connectivity index (χ1n) is 7.27. The fraction of sp³-hybridized carbons (Fsp3) is 0.467. The highest BCUT2D eigenvalue weighted by molar-refractivity contribution is 7.71. The van der Waals surface area contributed by atoms with E-state index in [1.807, 2.05) is 22.8 Å². The second-order valence-corrected chi connectivity index (χ2v) is 5.73. The minimum Gasteiger partial charge on any atom is -0.341 e. The van der Waals surface area contributed by atoms with E-state index in [0.717, 1.165) is 30.6 Å². The highest BCUT2D eigenvalue weighted by atomic mass is 32.1. The summed E-state index contributed by atoms with van der Waals surface area (Å²) < 4.78 is 2.69. The maximum absolute atomic E-state index is 5.39. The van der Waals surface area contributed by atoms with Crippen molar-refractivity contribution in [3.63, 3.8) is 0 Å². The number of hydrogen-bond acceptors (Lipinski definition) is 3. The van der Waals surface area contributed by atoms with Crippen LogP contribution in [0, 0.1) is 10.7 Å². The van der Waals surface area contributed by atoms with Gasteiger partial charge in [-0.1, -0.05) is 31.5 Å². The summed E-state index contributed by atoms with van der Waals surface area (Å²) in [5, 5.41) is 7.37. The lowest BCUT2D eigenvalue weighted by Crippen LogP contribution is -2.35. The summed E-state index contributed by atoms with van der Waals surface area (Å²) in [5.74, 6) is 1.80. The van der Waals surface area contributed by atoms with Crippen LogP contribution in [0.4, 0.5) is 5.95 Å². The molecule has 1 N–H and O–H groups in total. The molecule has 0 amide bonds. The number of anilines is 1. The van der Waals surface area contributed by atoms with E-state index >= 15 is 0 Å². The zero-order valence-electron chi connectivity index (χ0n) is 11.7. The summed E-state index contributed by atoms with van der Waals surface area (Å²) in [7, 11) is 0. The van der Waals surface area contributed by atoms with E-state index in [-0.39, 0.29) is 0 Å². The van der Waals surface area contributed by atoms with Crippen molar-refractivity contribution in [3.8, 4) is 5.69 Å². The van der Waals surface area contributed by atoms with Crippen molar-refractivity contribution in [1.82, 2.24) is 14.8 Å². The number of hydrogen-bond donors (Lipinski definition) is 1. The number of nitrogens with zero attached hydrogens (tertiary/aromatic N) is 3. The van der Waals surface area contributed by atoms with Crippen molar-refractivity contribution in [2.45, 2.75) is 26.2 Å². The average molecular weight is 288 g/mol. The minimum atomic E-state index is 0.656. The first kappa shape index (κ1) is 13.4. The second-order valence-electron chi connectivity index (χ2n) is 5.34. The smallest absolute Gasteiger partial charge is 0.230 e. The lowest BCUT2D eigenvalue weighted by Gasteiger charge is -2.32. The maximum Gasteiger partial charge on any atom is 0.230 e. The van der Waals surface area contributed by atoms with Crippen molar-refractivity contribution in [3.05, 3.63) is 35.1 Å². The fourth-order valence-electron chi connectivity index (χ4n) is 2.85. The standard InChI is InChI=1S/C15H20N4S/c1-2-12-8-10-18(11-9-12)14-16-17-15(20)19(14)13-6-4-3-5-7-13/h3-7,12H,2,8-11H2,1H3,(H,17,20). The van der Waals surface area contributed by atoms with E-state index in [0.29, 0.717) is 4.77 Å². The molecule has 4 nitrogen and oxygen atoms in total. The molecule has 0 spiro atoms. The Kier molecular flexibility index (Phi) is 3.87. The Balaban J connectivity index is 1.90. The highest BCUT2D eigenvalue weighted by Gasteiger charge is 2.22. The molecule has 1 aliphatic rings. The maximum atomic E-state index is 5.39. The summed E-state index contributed by atoms with van der Waals surface area (Å²) in [4.78, 5) is 2.34. The van der Waals surface area contributed by atoms with Gasteiger partial charge >= 0.3 is 0 Å². The molecule has 1 aromatic carbocycles. The van der Waals surface area contributed by atoms with Gasteiger partial charge in [-0.15, -0.1) is 5.10 Å². The average Bonchev–Trinajstić information content (AvgIpc) is 2.90. The number of piperidine rings is 1. The molecule has 0 aliphatic carbocycles. The first-order chi connectivity index (χ1) is 9.79. The Morgan fingerprint density at radius 2 is 1.95 bits per heavy atom. The summed E-state index contributed by atoms with van der Waals surface area (Å²) >= 11 is 5.39. The van der Waals surface area contributed by atoms with Gasteiger partial charge in [-0.2, -0.15) is 0 Å². The van der Waals surface area contributed by atoms with Crippen molar-refractivity contribution in [2.75, 3.05) is 18.0 Å². The van der Waals surface area contributed by atoms with Crippen molar-refractivity contribution in [1.29, 1.82) is 0 Å². The van der Waals surface area contributed by atoms with Crippen LogP contribution in [0.1, 0.15) is 26.2 Å². The largest absolute Gasteiger partial charge is 0.341 e. The lowest BCUT2D eigenvalue weighted by molar-refractivity contribution is 0.391. The van der Waals surface area contributed by atoms with Crippen molar-refractivity contribution >= 4 is 18.2 Å². The Labute approximate surface area is 124 Å². The van der Waals surface area contributed by atoms with Crippen LogP contribution >= 0.6 is 12.2 Å². The Morgan fingerprint density at radius 1 is 1.25 bits per heavy atom. The molecule has 2 aromatic rings. The van der Waals surface area contributed by atoms with Gasteiger partial charge in [-0.05, 0) is 43.1 Å². The minimum absolute atomic E-state index is 0.656. The number of nitrogens with one attached hydrogen (secondary N) is 1. The van der Waals surface area contributed by atoms with Gasteiger partial charge in [-0.3, -0.25) is 4.57 Å². The van der Waals surface area contributed by atoms with Crippen LogP contribution in [-0.4, -0.2) is 27.9 Å². The molecule has 0 atom stereocenters. The van der Waals surface area contributed by atoms with Crippen molar-refractivity contribution in [2.24, 2.45) is 5.92 Å². The van der Waals surface area contributed by atoms with Gasteiger partial charge in [-0.25, -0.2) is 5.10 Å². The van der Waals surface area contributed by atoms with Crippen LogP contribution in [0.15, 0.2) is 30.3 Å². The van der Waals surface area contributed by atoms with Crippen molar-refractivity contribution < 1.29 is 0 Å². The van der Waals surface area contributed by atoms with Crippen LogP contribution in [-0.2, 0) is 0 Å². The molecule has 1 aromatic heterocycles. The van der Waals surface area contributed by atoms with Gasteiger partial charge in [0, 0.05) is 13.1 Å². The Morgan fingerprint density at radius 3 is 2.60 bits per heavy atom. The third-order valence-corrected chi connectivity index (χ3v) is 4.42. The topological polar surface area (TPSA) is 36.9 Å². The Hall–Kier alpha value is -1.62. The number of H-pyrrole nitrogens is 1. The van der Waals surface area contributed by atoms with E-state index in [4.69, 9.17) is 12.2 Å². The molecule has 0 bridgehead atoms. The number of para-hydroxylation sites is 1. The number of rotatable bonds is 3. The molecule has 20 heavy (non-hydrogen) atoms. The van der Waals surface area contributed by atoms with Crippen LogP contribution in [0.5, 0.6) is 0 Å². The SMILES string of the molecule is CCC1CCN(c2n[nH]c(=S)n2-c2ccccc2)CC1. The predicted octanol–water partition coefficient (Wildman–Crippen LogP) is 3.56. The number of benzene rings is 1. The monoisotopic (exact) mass is 288 g/mol. The molecule has 5 heteroatoms. The Bertz CT molecular complexity index is 608. The van der Waals surface area contributed by atoms with Crippen LogP contribution in [0.2, 0.25) is 0 Å². The molecular formula is C15H20N4S. The van der Waals surface area contributed by atoms with Crippen LogP contribution in [0.25, 0.3) is 5.69 Å². The number of aromatic nitrogens is 3. The van der Waals surface area contributed by atoms with Gasteiger partial charge < -0.3 is 4.90 Å². The van der Waals surface area contributed by atoms with Gasteiger partial charge in [0.1, 0.15) is 0 Å².